The summed E-state index contributed by atoms with van der Waals surface area (Å²) in [6.45, 7) is 2.99. The highest BCUT2D eigenvalue weighted by Crippen LogP contribution is 2.26. The molecular weight excluding hydrogens is 293 g/mol. The van der Waals surface area contributed by atoms with E-state index in [0.29, 0.717) is 0 Å². The average molecular weight is 308 g/mol. The quantitative estimate of drug-likeness (QED) is 0.804. The Balaban J connectivity index is 2.13. The number of hydrogen-bond donors (Lipinski definition) is 0. The van der Waals surface area contributed by atoms with Crippen molar-refractivity contribution in [1.82, 2.24) is 4.90 Å². The zero-order valence-corrected chi connectivity index (χ0v) is 12.2. The highest BCUT2D eigenvalue weighted by atomic mass is 35.7. The first-order valence-corrected chi connectivity index (χ1v) is 8.61. The summed E-state index contributed by atoms with van der Waals surface area (Å²) in [6.07, 6.45) is 3.74. The maximum absolute atomic E-state index is 11.2. The van der Waals surface area contributed by atoms with Crippen LogP contribution in [0.2, 0.25) is 5.02 Å². The van der Waals surface area contributed by atoms with E-state index >= 15 is 0 Å². The van der Waals surface area contributed by atoms with Gasteiger partial charge >= 0.3 is 0 Å². The van der Waals surface area contributed by atoms with Gasteiger partial charge in [-0.15, -0.1) is 0 Å². The fraction of sp³-hybridized carbons (Fsp3) is 0.500. The summed E-state index contributed by atoms with van der Waals surface area (Å²) in [5.74, 6) is 0. The summed E-state index contributed by atoms with van der Waals surface area (Å²) < 4.78 is 22.5. The van der Waals surface area contributed by atoms with Crippen LogP contribution in [-0.2, 0) is 15.6 Å². The van der Waals surface area contributed by atoms with Crippen molar-refractivity contribution in [3.05, 3.63) is 28.8 Å². The van der Waals surface area contributed by atoms with Gasteiger partial charge in [0.15, 0.2) is 0 Å². The number of rotatable bonds is 3. The van der Waals surface area contributed by atoms with E-state index in [9.17, 15) is 8.42 Å². The third-order valence-corrected chi connectivity index (χ3v) is 4.92. The Morgan fingerprint density at radius 2 is 1.83 bits per heavy atom. The van der Waals surface area contributed by atoms with Gasteiger partial charge in [0.1, 0.15) is 4.90 Å². The molecule has 1 saturated heterocycles. The summed E-state index contributed by atoms with van der Waals surface area (Å²) in [4.78, 5) is 2.33. The first-order chi connectivity index (χ1) is 8.47. The predicted molar refractivity (Wildman–Crippen MR) is 73.6 cm³/mol. The molecule has 1 aromatic rings. The van der Waals surface area contributed by atoms with E-state index in [1.807, 2.05) is 0 Å². The monoisotopic (exact) mass is 307 g/mol. The molecule has 1 heterocycles. The lowest BCUT2D eigenvalue weighted by Crippen LogP contribution is -2.29. The largest absolute Gasteiger partial charge is 0.299 e. The number of likely N-dealkylation sites (tertiary alicyclic amines) is 1. The zero-order valence-electron chi connectivity index (χ0n) is 9.90. The molecule has 2 rings (SSSR count). The van der Waals surface area contributed by atoms with Gasteiger partial charge in [0.25, 0.3) is 9.05 Å². The first-order valence-electron chi connectivity index (χ1n) is 5.92. The van der Waals surface area contributed by atoms with Gasteiger partial charge in [-0.05, 0) is 43.6 Å². The molecule has 100 valence electrons. The Morgan fingerprint density at radius 1 is 1.17 bits per heavy atom. The number of nitrogens with zero attached hydrogens (tertiary/aromatic N) is 1. The molecule has 3 nitrogen and oxygen atoms in total. The topological polar surface area (TPSA) is 37.4 Å². The normalized spacial score (nSPS) is 17.9. The maximum atomic E-state index is 11.2. The molecule has 1 aliphatic heterocycles. The van der Waals surface area contributed by atoms with Crippen LogP contribution in [0.5, 0.6) is 0 Å². The highest BCUT2D eigenvalue weighted by molar-refractivity contribution is 8.13. The molecule has 18 heavy (non-hydrogen) atoms. The Hall–Kier alpha value is -0.290. The Bertz CT molecular complexity index is 525. The molecule has 0 radical (unpaired) electrons. The van der Waals surface area contributed by atoms with Crippen molar-refractivity contribution in [2.45, 2.75) is 30.7 Å². The fourth-order valence-corrected chi connectivity index (χ4v) is 3.77. The van der Waals surface area contributed by atoms with Crippen LogP contribution in [0.3, 0.4) is 0 Å². The predicted octanol–water partition coefficient (Wildman–Crippen LogP) is 3.25. The second-order valence-corrected chi connectivity index (χ2v) is 7.48. The van der Waals surface area contributed by atoms with E-state index < -0.39 is 9.05 Å². The van der Waals surface area contributed by atoms with Crippen molar-refractivity contribution in [2.75, 3.05) is 13.1 Å². The van der Waals surface area contributed by atoms with Crippen LogP contribution in [0.15, 0.2) is 23.1 Å². The summed E-state index contributed by atoms with van der Waals surface area (Å²) in [7, 11) is 1.53. The molecule has 0 aromatic heterocycles. The van der Waals surface area contributed by atoms with Crippen LogP contribution in [0.1, 0.15) is 24.8 Å². The van der Waals surface area contributed by atoms with Crippen LogP contribution in [0, 0.1) is 0 Å². The van der Waals surface area contributed by atoms with E-state index in [1.54, 1.807) is 12.1 Å². The van der Waals surface area contributed by atoms with Crippen molar-refractivity contribution in [3.8, 4) is 0 Å². The van der Waals surface area contributed by atoms with Crippen LogP contribution in [0.25, 0.3) is 0 Å². The Kier molecular flexibility index (Phi) is 4.54. The molecule has 0 N–H and O–H groups in total. The van der Waals surface area contributed by atoms with Crippen molar-refractivity contribution in [3.63, 3.8) is 0 Å². The van der Waals surface area contributed by atoms with Crippen LogP contribution >= 0.6 is 22.3 Å². The summed E-state index contributed by atoms with van der Waals surface area (Å²) in [5, 5.41) is 0.194. The van der Waals surface area contributed by atoms with E-state index in [1.165, 1.54) is 25.3 Å². The van der Waals surface area contributed by atoms with Gasteiger partial charge < -0.3 is 0 Å². The summed E-state index contributed by atoms with van der Waals surface area (Å²) in [6, 6.07) is 4.94. The minimum absolute atomic E-state index is 0.0202. The average Bonchev–Trinajstić information content (AvgIpc) is 2.28. The lowest BCUT2D eigenvalue weighted by atomic mass is 10.1. The van der Waals surface area contributed by atoms with Gasteiger partial charge in [0.05, 0.1) is 5.02 Å². The van der Waals surface area contributed by atoms with Crippen LogP contribution in [0.4, 0.5) is 0 Å². The van der Waals surface area contributed by atoms with Crippen LogP contribution in [-0.4, -0.2) is 26.4 Å². The molecule has 0 spiro atoms. The molecule has 1 aliphatic rings. The molecule has 0 aliphatic carbocycles. The number of hydrogen-bond acceptors (Lipinski definition) is 3. The van der Waals surface area contributed by atoms with Gasteiger partial charge in [0, 0.05) is 17.2 Å². The molecule has 0 bridgehead atoms. The molecule has 0 saturated carbocycles. The van der Waals surface area contributed by atoms with Crippen molar-refractivity contribution in [1.29, 1.82) is 0 Å². The zero-order chi connectivity index (χ0) is 13.2. The molecule has 1 aromatic carbocycles. The van der Waals surface area contributed by atoms with E-state index in [2.05, 4.69) is 4.90 Å². The summed E-state index contributed by atoms with van der Waals surface area (Å²) >= 11 is 5.95. The lowest BCUT2D eigenvalue weighted by molar-refractivity contribution is 0.221. The lowest BCUT2D eigenvalue weighted by Gasteiger charge is -2.26. The second-order valence-electron chi connectivity index (χ2n) is 4.54. The molecule has 0 amide bonds. The standard InChI is InChI=1S/C12H15Cl2NO2S/c13-11-8-10(4-5-12(11)18(14,16)17)9-15-6-2-1-3-7-15/h4-5,8H,1-3,6-7,9H2. The molecule has 0 atom stereocenters. The van der Waals surface area contributed by atoms with Crippen molar-refractivity contribution in [2.24, 2.45) is 0 Å². The number of piperidine rings is 1. The molecular formula is C12H15Cl2NO2S. The minimum Gasteiger partial charge on any atom is -0.299 e. The number of benzene rings is 1. The SMILES string of the molecule is O=S(=O)(Cl)c1ccc(CN2CCCCC2)cc1Cl. The van der Waals surface area contributed by atoms with Gasteiger partial charge in [-0.1, -0.05) is 24.1 Å². The molecule has 1 fully saturated rings. The van der Waals surface area contributed by atoms with Gasteiger partial charge in [-0.3, -0.25) is 4.90 Å². The molecule has 6 heteroatoms. The Labute approximate surface area is 117 Å². The van der Waals surface area contributed by atoms with Crippen LogP contribution < -0.4 is 0 Å². The van der Waals surface area contributed by atoms with E-state index in [0.717, 1.165) is 25.2 Å². The summed E-state index contributed by atoms with van der Waals surface area (Å²) in [5.41, 5.74) is 1.02. The van der Waals surface area contributed by atoms with E-state index in [4.69, 9.17) is 22.3 Å². The van der Waals surface area contributed by atoms with Gasteiger partial charge in [-0.25, -0.2) is 8.42 Å². The third-order valence-electron chi connectivity index (χ3n) is 3.11. The first kappa shape index (κ1) is 14.1. The van der Waals surface area contributed by atoms with Crippen molar-refractivity contribution >= 4 is 31.3 Å². The molecule has 0 unspecified atom stereocenters. The van der Waals surface area contributed by atoms with Crippen molar-refractivity contribution < 1.29 is 8.42 Å². The fourth-order valence-electron chi connectivity index (χ4n) is 2.22. The smallest absolute Gasteiger partial charge is 0.262 e. The minimum atomic E-state index is -3.76. The Morgan fingerprint density at radius 3 is 2.39 bits per heavy atom. The number of halogens is 2. The third kappa shape index (κ3) is 3.60. The highest BCUT2D eigenvalue weighted by Gasteiger charge is 2.16. The maximum Gasteiger partial charge on any atom is 0.262 e. The van der Waals surface area contributed by atoms with Gasteiger partial charge in [-0.2, -0.15) is 0 Å². The van der Waals surface area contributed by atoms with Gasteiger partial charge in [0.2, 0.25) is 0 Å². The second kappa shape index (κ2) is 5.78. The van der Waals surface area contributed by atoms with E-state index in [-0.39, 0.29) is 9.92 Å².